The molecule has 0 heterocycles. The molecular weight excluding hydrogens is 349 g/mol. The van der Waals surface area contributed by atoms with Crippen LogP contribution in [-0.2, 0) is 6.18 Å². The van der Waals surface area contributed by atoms with Crippen molar-refractivity contribution in [1.82, 2.24) is 4.90 Å². The first-order chi connectivity index (χ1) is 11.4. The van der Waals surface area contributed by atoms with Gasteiger partial charge in [0.25, 0.3) is 0 Å². The Kier molecular flexibility index (Phi) is 7.65. The van der Waals surface area contributed by atoms with Gasteiger partial charge in [0, 0.05) is 13.6 Å². The zero-order chi connectivity index (χ0) is 19.3. The van der Waals surface area contributed by atoms with Crippen LogP contribution in [-0.4, -0.2) is 56.0 Å². The summed E-state index contributed by atoms with van der Waals surface area (Å²) in [5, 5.41) is 0. The van der Waals surface area contributed by atoms with Crippen LogP contribution in [0.1, 0.15) is 24.5 Å². The fourth-order valence-electron chi connectivity index (χ4n) is 2.07. The molecule has 1 aromatic rings. The second kappa shape index (κ2) is 8.83. The van der Waals surface area contributed by atoms with Gasteiger partial charge in [-0.05, 0) is 62.5 Å². The van der Waals surface area contributed by atoms with Gasteiger partial charge in [-0.1, -0.05) is 0 Å². The molecule has 0 spiro atoms. The fourth-order valence-corrected chi connectivity index (χ4v) is 3.05. The zero-order valence-electron chi connectivity index (χ0n) is 15.9. The van der Waals surface area contributed by atoms with E-state index in [0.717, 1.165) is 24.8 Å². The maximum absolute atomic E-state index is 13.4. The van der Waals surface area contributed by atoms with Gasteiger partial charge in [0.2, 0.25) is 0 Å². The molecule has 0 amide bonds. The summed E-state index contributed by atoms with van der Waals surface area (Å²) in [4.78, 5) is 5.97. The molecule has 0 radical (unpaired) electrons. The molecule has 7 heteroatoms. The van der Waals surface area contributed by atoms with E-state index in [1.807, 2.05) is 14.0 Å². The molecule has 25 heavy (non-hydrogen) atoms. The first-order valence-electron chi connectivity index (χ1n) is 8.19. The van der Waals surface area contributed by atoms with Crippen LogP contribution in [0, 0.1) is 6.92 Å². The van der Waals surface area contributed by atoms with E-state index in [1.54, 1.807) is 11.8 Å². The molecule has 0 aliphatic heterocycles. The Morgan fingerprint density at radius 3 is 2.40 bits per heavy atom. The number of aryl methyl sites for hydroxylation is 1. The summed E-state index contributed by atoms with van der Waals surface area (Å²) in [5.41, 5.74) is 0.191. The summed E-state index contributed by atoms with van der Waals surface area (Å²) in [5.74, 6) is 0.857. The second-order valence-electron chi connectivity index (χ2n) is 6.95. The van der Waals surface area contributed by atoms with Crippen molar-refractivity contribution in [2.45, 2.75) is 26.4 Å². The first-order valence-corrected chi connectivity index (χ1v) is 11.2. The van der Waals surface area contributed by atoms with Crippen LogP contribution in [0.2, 0.25) is 0 Å². The number of rotatable bonds is 8. The third-order valence-electron chi connectivity index (χ3n) is 3.65. The average Bonchev–Trinajstić information content (AvgIpc) is 2.48. The summed E-state index contributed by atoms with van der Waals surface area (Å²) in [7, 11) is 1.14. The molecule has 0 fully saturated rings. The van der Waals surface area contributed by atoms with E-state index in [-0.39, 0.29) is 12.4 Å². The predicted octanol–water partition coefficient (Wildman–Crippen LogP) is 5.09. The molecule has 144 valence electrons. The summed E-state index contributed by atoms with van der Waals surface area (Å²) in [6.45, 7) is 4.70. The lowest BCUT2D eigenvalue weighted by Crippen LogP contribution is -2.14. The monoisotopic (exact) mass is 378 g/mol. The minimum Gasteiger partial charge on any atom is -0.493 e. The van der Waals surface area contributed by atoms with Crippen LogP contribution >= 0.6 is 10.0 Å². The molecule has 0 aliphatic carbocycles. The fraction of sp³-hybridized carbons (Fsp3) is 0.611. The number of nitrogens with zero attached hydrogens (tertiary/aromatic N) is 2. The number of ether oxygens (including phenoxy) is 1. The third kappa shape index (κ3) is 7.59. The van der Waals surface area contributed by atoms with Gasteiger partial charge in [0.15, 0.2) is 0 Å². The lowest BCUT2D eigenvalue weighted by molar-refractivity contribution is -0.138. The highest BCUT2D eigenvalue weighted by atomic mass is 32.3. The van der Waals surface area contributed by atoms with Crippen LogP contribution in [0.4, 0.5) is 18.9 Å². The molecule has 1 aromatic carbocycles. The van der Waals surface area contributed by atoms with Crippen LogP contribution in [0.15, 0.2) is 17.1 Å². The molecule has 0 unspecified atom stereocenters. The Morgan fingerprint density at radius 2 is 1.88 bits per heavy atom. The van der Waals surface area contributed by atoms with Crippen molar-refractivity contribution >= 4 is 22.1 Å². The maximum atomic E-state index is 13.4. The number of hydrogen-bond donors (Lipinski definition) is 0. The second-order valence-corrected chi connectivity index (χ2v) is 11.5. The van der Waals surface area contributed by atoms with Crippen LogP contribution in [0.25, 0.3) is 0 Å². The number of benzene rings is 1. The van der Waals surface area contributed by atoms with E-state index >= 15 is 0 Å². The number of halogens is 3. The third-order valence-corrected chi connectivity index (χ3v) is 5.17. The van der Waals surface area contributed by atoms with Crippen molar-refractivity contribution in [3.05, 3.63) is 23.3 Å². The standard InChI is InChI=1S/C18H29F3N2OS/c1-7-23(3)13-22-16-12-15(18(19,20)21)17(11-14(16)2)24-9-8-10-25(4,5)6/h11-13H,7-10H2,1-6H3. The van der Waals surface area contributed by atoms with Crippen molar-refractivity contribution < 1.29 is 17.9 Å². The average molecular weight is 379 g/mol. The Labute approximate surface area is 150 Å². The lowest BCUT2D eigenvalue weighted by atomic mass is 10.1. The van der Waals surface area contributed by atoms with Crippen molar-refractivity contribution in [3.63, 3.8) is 0 Å². The number of alkyl halides is 3. The Bertz CT molecular complexity index is 595. The maximum Gasteiger partial charge on any atom is 0.420 e. The number of aliphatic imine (C=N–C) groups is 1. The molecule has 0 atom stereocenters. The van der Waals surface area contributed by atoms with E-state index in [4.69, 9.17) is 4.74 Å². The highest BCUT2D eigenvalue weighted by molar-refractivity contribution is 8.32. The van der Waals surface area contributed by atoms with E-state index < -0.39 is 21.8 Å². The molecule has 0 aliphatic rings. The van der Waals surface area contributed by atoms with Crippen molar-refractivity contribution in [3.8, 4) is 5.75 Å². The largest absolute Gasteiger partial charge is 0.493 e. The van der Waals surface area contributed by atoms with Gasteiger partial charge < -0.3 is 9.64 Å². The van der Waals surface area contributed by atoms with Gasteiger partial charge in [-0.25, -0.2) is 15.0 Å². The molecular formula is C18H29F3N2OS. The lowest BCUT2D eigenvalue weighted by Gasteiger charge is -2.25. The summed E-state index contributed by atoms with van der Waals surface area (Å²) in [6, 6.07) is 2.51. The number of hydrogen-bond acceptors (Lipinski definition) is 2. The van der Waals surface area contributed by atoms with Gasteiger partial charge in [0.1, 0.15) is 5.75 Å². The molecule has 0 saturated heterocycles. The van der Waals surface area contributed by atoms with Gasteiger partial charge >= 0.3 is 6.18 Å². The molecule has 0 N–H and O–H groups in total. The Hall–Kier alpha value is -1.37. The SMILES string of the molecule is CCN(C)C=Nc1cc(C(F)(F)F)c(OCCCS(C)(C)C)cc1C. The van der Waals surface area contributed by atoms with E-state index in [2.05, 4.69) is 23.8 Å². The van der Waals surface area contributed by atoms with Crippen LogP contribution in [0.5, 0.6) is 5.75 Å². The first kappa shape index (κ1) is 21.7. The normalized spacial score (nSPS) is 13.3. The highest BCUT2D eigenvalue weighted by Gasteiger charge is 2.35. The summed E-state index contributed by atoms with van der Waals surface area (Å²) in [6.07, 6.45) is 4.35. The van der Waals surface area contributed by atoms with Gasteiger partial charge in [-0.2, -0.15) is 13.2 Å². The predicted molar refractivity (Wildman–Crippen MR) is 103 cm³/mol. The molecule has 0 bridgehead atoms. The molecule has 0 saturated carbocycles. The molecule has 3 nitrogen and oxygen atoms in total. The van der Waals surface area contributed by atoms with Crippen molar-refractivity contribution in [2.24, 2.45) is 4.99 Å². The smallest absolute Gasteiger partial charge is 0.420 e. The molecule has 1 rings (SSSR count). The topological polar surface area (TPSA) is 24.8 Å². The Morgan fingerprint density at radius 1 is 1.24 bits per heavy atom. The molecule has 0 aromatic heterocycles. The zero-order valence-corrected chi connectivity index (χ0v) is 16.7. The van der Waals surface area contributed by atoms with Gasteiger partial charge in [-0.15, -0.1) is 0 Å². The summed E-state index contributed by atoms with van der Waals surface area (Å²) >= 11 is 0. The van der Waals surface area contributed by atoms with Gasteiger partial charge in [0.05, 0.1) is 24.2 Å². The van der Waals surface area contributed by atoms with Crippen LogP contribution < -0.4 is 4.74 Å². The summed E-state index contributed by atoms with van der Waals surface area (Å²) < 4.78 is 45.6. The Balaban J connectivity index is 3.01. The van der Waals surface area contributed by atoms with E-state index in [1.165, 1.54) is 12.4 Å². The quantitative estimate of drug-likeness (QED) is 0.358. The van der Waals surface area contributed by atoms with E-state index in [0.29, 0.717) is 11.3 Å². The van der Waals surface area contributed by atoms with Crippen molar-refractivity contribution in [2.75, 3.05) is 44.7 Å². The minimum absolute atomic E-state index is 0.114. The van der Waals surface area contributed by atoms with Gasteiger partial charge in [-0.3, -0.25) is 0 Å². The van der Waals surface area contributed by atoms with E-state index in [9.17, 15) is 13.2 Å². The van der Waals surface area contributed by atoms with Crippen LogP contribution in [0.3, 0.4) is 0 Å². The highest BCUT2D eigenvalue weighted by Crippen LogP contribution is 2.40. The minimum atomic E-state index is -4.47. The van der Waals surface area contributed by atoms with Crippen molar-refractivity contribution in [1.29, 1.82) is 0 Å².